The zero-order valence-corrected chi connectivity index (χ0v) is 12.3. The number of aliphatic hydroxyl groups excluding tert-OH is 1. The molecule has 2 aliphatic rings. The fraction of sp³-hybridized carbons (Fsp3) is 0.917. The van der Waals surface area contributed by atoms with Gasteiger partial charge in [0.1, 0.15) is 0 Å². The van der Waals surface area contributed by atoms with Gasteiger partial charge in [-0.15, -0.1) is 0 Å². The molecule has 7 nitrogen and oxygen atoms in total. The Morgan fingerprint density at radius 1 is 1.30 bits per heavy atom. The van der Waals surface area contributed by atoms with Gasteiger partial charge in [-0.1, -0.05) is 6.92 Å². The molecule has 116 valence electrons. The highest BCUT2D eigenvalue weighted by atomic mass is 32.2. The molecule has 2 fully saturated rings. The number of nitrogens with zero attached hydrogens (tertiary/aromatic N) is 1. The van der Waals surface area contributed by atoms with E-state index in [1.54, 1.807) is 0 Å². The number of carbonyl (C=O) groups is 1. The minimum absolute atomic E-state index is 0.114. The van der Waals surface area contributed by atoms with E-state index < -0.39 is 33.9 Å². The molecule has 8 heteroatoms. The Morgan fingerprint density at radius 3 is 2.50 bits per heavy atom. The maximum atomic E-state index is 11.7. The van der Waals surface area contributed by atoms with Crippen molar-refractivity contribution < 1.29 is 28.2 Å². The Balaban J connectivity index is 2.21. The molecule has 0 spiro atoms. The van der Waals surface area contributed by atoms with Gasteiger partial charge in [-0.3, -0.25) is 9.69 Å². The number of ether oxygens (including phenoxy) is 1. The third-order valence-corrected chi connectivity index (χ3v) is 5.69. The second kappa shape index (κ2) is 5.97. The molecule has 0 bridgehead atoms. The molecule has 20 heavy (non-hydrogen) atoms. The zero-order valence-electron chi connectivity index (χ0n) is 11.4. The van der Waals surface area contributed by atoms with Crippen LogP contribution in [0.15, 0.2) is 0 Å². The number of rotatable bonds is 5. The van der Waals surface area contributed by atoms with E-state index in [0.29, 0.717) is 6.54 Å². The van der Waals surface area contributed by atoms with Gasteiger partial charge in [0.2, 0.25) is 0 Å². The van der Waals surface area contributed by atoms with Crippen molar-refractivity contribution in [3.63, 3.8) is 0 Å². The molecular formula is C12H21NO6S. The summed E-state index contributed by atoms with van der Waals surface area (Å²) in [5.74, 6) is -1.97. The summed E-state index contributed by atoms with van der Waals surface area (Å²) in [6.07, 6.45) is -0.201. The van der Waals surface area contributed by atoms with E-state index in [1.165, 1.54) is 0 Å². The maximum absolute atomic E-state index is 11.7. The number of aliphatic hydroxyl groups is 1. The second-order valence-electron chi connectivity index (χ2n) is 5.50. The highest BCUT2D eigenvalue weighted by Gasteiger charge is 2.46. The lowest BCUT2D eigenvalue weighted by molar-refractivity contribution is -0.143. The molecule has 2 aliphatic heterocycles. The number of carboxylic acids is 1. The van der Waals surface area contributed by atoms with E-state index in [0.717, 1.165) is 6.42 Å². The first-order valence-corrected chi connectivity index (χ1v) is 8.62. The third kappa shape index (κ3) is 3.13. The van der Waals surface area contributed by atoms with Gasteiger partial charge >= 0.3 is 5.97 Å². The summed E-state index contributed by atoms with van der Waals surface area (Å²) in [6, 6.07) is -0.908. The fourth-order valence-electron chi connectivity index (χ4n) is 3.07. The monoisotopic (exact) mass is 307 g/mol. The predicted octanol–water partition coefficient (Wildman–Crippen LogP) is -1.04. The molecule has 2 N–H and O–H groups in total. The standard InChI is InChI=1S/C12H21NO6S/c1-2-3-13(9-5-19-4-8(9)12(15)16)10-6-20(17,18)7-11(10)14/h8-11,14H,2-7H2,1H3,(H,15,16). The van der Waals surface area contributed by atoms with Crippen molar-refractivity contribution in [2.45, 2.75) is 31.5 Å². The molecule has 0 amide bonds. The number of hydrogen-bond acceptors (Lipinski definition) is 6. The van der Waals surface area contributed by atoms with Crippen LogP contribution in [0.1, 0.15) is 13.3 Å². The number of hydrogen-bond donors (Lipinski definition) is 2. The predicted molar refractivity (Wildman–Crippen MR) is 71.2 cm³/mol. The largest absolute Gasteiger partial charge is 0.481 e. The molecule has 0 aromatic rings. The summed E-state index contributed by atoms with van der Waals surface area (Å²) in [5, 5.41) is 19.2. The van der Waals surface area contributed by atoms with Crippen molar-refractivity contribution >= 4 is 15.8 Å². The summed E-state index contributed by atoms with van der Waals surface area (Å²) in [5.41, 5.74) is 0. The summed E-state index contributed by atoms with van der Waals surface area (Å²) < 4.78 is 28.6. The first-order valence-electron chi connectivity index (χ1n) is 6.80. The minimum Gasteiger partial charge on any atom is -0.481 e. The molecule has 2 saturated heterocycles. The van der Waals surface area contributed by atoms with Gasteiger partial charge in [0.25, 0.3) is 0 Å². The highest BCUT2D eigenvalue weighted by Crippen LogP contribution is 2.27. The molecule has 4 unspecified atom stereocenters. The topological polar surface area (TPSA) is 104 Å². The smallest absolute Gasteiger partial charge is 0.310 e. The van der Waals surface area contributed by atoms with Crippen LogP contribution in [0.4, 0.5) is 0 Å². The van der Waals surface area contributed by atoms with Crippen LogP contribution in [0.3, 0.4) is 0 Å². The number of sulfone groups is 1. The first kappa shape index (κ1) is 15.7. The van der Waals surface area contributed by atoms with Crippen LogP contribution in [-0.4, -0.2) is 79.0 Å². The second-order valence-corrected chi connectivity index (χ2v) is 7.65. The average Bonchev–Trinajstić information content (AvgIpc) is 2.90. The Morgan fingerprint density at radius 2 is 2.00 bits per heavy atom. The van der Waals surface area contributed by atoms with Gasteiger partial charge in [-0.2, -0.15) is 0 Å². The van der Waals surface area contributed by atoms with Crippen LogP contribution in [0.25, 0.3) is 0 Å². The first-order chi connectivity index (χ1) is 9.35. The van der Waals surface area contributed by atoms with Crippen LogP contribution in [0, 0.1) is 5.92 Å². The van der Waals surface area contributed by atoms with Crippen molar-refractivity contribution in [2.75, 3.05) is 31.3 Å². The SMILES string of the molecule is CCCN(C1CS(=O)(=O)CC1O)C1COCC1C(=O)O. The van der Waals surface area contributed by atoms with E-state index in [1.807, 2.05) is 11.8 Å². The quantitative estimate of drug-likeness (QED) is 0.668. The summed E-state index contributed by atoms with van der Waals surface area (Å²) in [4.78, 5) is 13.1. The van der Waals surface area contributed by atoms with Crippen molar-refractivity contribution in [3.8, 4) is 0 Å². The molecule has 2 rings (SSSR count). The summed E-state index contributed by atoms with van der Waals surface area (Å²) in [7, 11) is -3.26. The van der Waals surface area contributed by atoms with Gasteiger partial charge < -0.3 is 14.9 Å². The zero-order chi connectivity index (χ0) is 14.9. The van der Waals surface area contributed by atoms with Gasteiger partial charge in [0.05, 0.1) is 42.8 Å². The third-order valence-electron chi connectivity index (χ3n) is 3.99. The van der Waals surface area contributed by atoms with Gasteiger partial charge in [0.15, 0.2) is 9.84 Å². The van der Waals surface area contributed by atoms with Crippen molar-refractivity contribution in [3.05, 3.63) is 0 Å². The molecular weight excluding hydrogens is 286 g/mol. The van der Waals surface area contributed by atoms with Crippen molar-refractivity contribution in [1.82, 2.24) is 4.90 Å². The normalized spacial score (nSPS) is 36.5. The fourth-order valence-corrected chi connectivity index (χ4v) is 4.88. The van der Waals surface area contributed by atoms with E-state index in [-0.39, 0.29) is 30.8 Å². The van der Waals surface area contributed by atoms with E-state index in [4.69, 9.17) is 4.74 Å². The van der Waals surface area contributed by atoms with E-state index >= 15 is 0 Å². The van der Waals surface area contributed by atoms with Crippen LogP contribution >= 0.6 is 0 Å². The van der Waals surface area contributed by atoms with Crippen LogP contribution < -0.4 is 0 Å². The van der Waals surface area contributed by atoms with Gasteiger partial charge in [-0.25, -0.2) is 8.42 Å². The molecule has 0 radical (unpaired) electrons. The molecule has 2 heterocycles. The van der Waals surface area contributed by atoms with E-state index in [2.05, 4.69) is 0 Å². The lowest BCUT2D eigenvalue weighted by Crippen LogP contribution is -2.53. The van der Waals surface area contributed by atoms with Gasteiger partial charge in [0, 0.05) is 6.04 Å². The Kier molecular flexibility index (Phi) is 4.68. The lowest BCUT2D eigenvalue weighted by atomic mass is 9.99. The molecule has 4 atom stereocenters. The van der Waals surface area contributed by atoms with Crippen LogP contribution in [0.2, 0.25) is 0 Å². The molecule has 0 aromatic heterocycles. The van der Waals surface area contributed by atoms with E-state index in [9.17, 15) is 23.4 Å². The van der Waals surface area contributed by atoms with Gasteiger partial charge in [-0.05, 0) is 13.0 Å². The molecule has 0 aromatic carbocycles. The van der Waals surface area contributed by atoms with Crippen molar-refractivity contribution in [2.24, 2.45) is 5.92 Å². The van der Waals surface area contributed by atoms with Crippen LogP contribution in [-0.2, 0) is 19.4 Å². The maximum Gasteiger partial charge on any atom is 0.310 e. The molecule has 0 saturated carbocycles. The lowest BCUT2D eigenvalue weighted by Gasteiger charge is -2.36. The summed E-state index contributed by atoms with van der Waals surface area (Å²) in [6.45, 7) is 2.89. The summed E-state index contributed by atoms with van der Waals surface area (Å²) >= 11 is 0. The van der Waals surface area contributed by atoms with Crippen LogP contribution in [0.5, 0.6) is 0 Å². The Hall–Kier alpha value is -0.700. The van der Waals surface area contributed by atoms with Crippen molar-refractivity contribution in [1.29, 1.82) is 0 Å². The Labute approximate surface area is 118 Å². The number of aliphatic carboxylic acids is 1. The molecule has 0 aliphatic carbocycles. The minimum atomic E-state index is -3.26. The Bertz CT molecular complexity index is 465. The number of carboxylic acid groups (broad SMARTS) is 1. The highest BCUT2D eigenvalue weighted by molar-refractivity contribution is 7.91. The average molecular weight is 307 g/mol.